The maximum Gasteiger partial charge on any atom is 0.257 e. The van der Waals surface area contributed by atoms with Crippen LogP contribution in [0.2, 0.25) is 0 Å². The number of halogens is 1. The summed E-state index contributed by atoms with van der Waals surface area (Å²) in [6, 6.07) is 3.88. The molecule has 1 unspecified atom stereocenters. The molecule has 1 aromatic rings. The van der Waals surface area contributed by atoms with E-state index in [0.29, 0.717) is 24.5 Å². The second kappa shape index (κ2) is 7.10. The molecule has 0 bridgehead atoms. The zero-order chi connectivity index (χ0) is 14.4. The highest BCUT2D eigenvalue weighted by Crippen LogP contribution is 2.20. The molecule has 19 heavy (non-hydrogen) atoms. The fraction of sp³-hybridized carbons (Fsp3) is 0.462. The molecule has 5 nitrogen and oxygen atoms in total. The first kappa shape index (κ1) is 15.4. The number of amides is 1. The fourth-order valence-corrected chi connectivity index (χ4v) is 2.03. The molecule has 0 aliphatic rings. The number of nitrogens with zero attached hydrogens (tertiary/aromatic N) is 3. The van der Waals surface area contributed by atoms with Gasteiger partial charge in [-0.1, -0.05) is 0 Å². The molecule has 0 aromatic carbocycles. The Hall–Kier alpha value is -1.61. The topological polar surface area (TPSA) is 69.0 Å². The van der Waals surface area contributed by atoms with Gasteiger partial charge >= 0.3 is 0 Å². The van der Waals surface area contributed by atoms with Gasteiger partial charge in [-0.3, -0.25) is 4.79 Å². The van der Waals surface area contributed by atoms with Gasteiger partial charge in [-0.15, -0.1) is 0 Å². The molecule has 102 valence electrons. The van der Waals surface area contributed by atoms with Crippen LogP contribution >= 0.6 is 15.9 Å². The third-order valence-corrected chi connectivity index (χ3v) is 3.14. The van der Waals surface area contributed by atoms with E-state index in [1.807, 2.05) is 6.92 Å². The molecule has 1 aromatic heterocycles. The first-order valence-electron chi connectivity index (χ1n) is 6.05. The number of hydrogen-bond donors (Lipinski definition) is 1. The fourth-order valence-electron chi connectivity index (χ4n) is 1.70. The minimum atomic E-state index is -0.193. The van der Waals surface area contributed by atoms with Gasteiger partial charge in [0.1, 0.15) is 5.82 Å². The van der Waals surface area contributed by atoms with Crippen LogP contribution in [-0.4, -0.2) is 35.9 Å². The molecule has 6 heteroatoms. The Bertz CT molecular complexity index is 498. The number of aromatic nitrogens is 1. The van der Waals surface area contributed by atoms with Gasteiger partial charge in [0.15, 0.2) is 0 Å². The molecule has 0 fully saturated rings. The molecule has 0 aliphatic carbocycles. The van der Waals surface area contributed by atoms with Crippen molar-refractivity contribution in [3.63, 3.8) is 0 Å². The highest BCUT2D eigenvalue weighted by molar-refractivity contribution is 9.10. The predicted octanol–water partition coefficient (Wildman–Crippen LogP) is 2.51. The number of nitriles is 1. The van der Waals surface area contributed by atoms with Gasteiger partial charge in [-0.2, -0.15) is 5.26 Å². The predicted molar refractivity (Wildman–Crippen MR) is 77.8 cm³/mol. The van der Waals surface area contributed by atoms with Crippen molar-refractivity contribution in [1.29, 1.82) is 5.26 Å². The second-order valence-corrected chi connectivity index (χ2v) is 5.09. The SMILES string of the molecule is CCN(CC(C)C#N)C(=O)c1cc(Br)cnc1NC. The lowest BCUT2D eigenvalue weighted by Gasteiger charge is -2.23. The van der Waals surface area contributed by atoms with Gasteiger partial charge < -0.3 is 10.2 Å². The summed E-state index contributed by atoms with van der Waals surface area (Å²) in [4.78, 5) is 18.3. The summed E-state index contributed by atoms with van der Waals surface area (Å²) in [7, 11) is 1.72. The highest BCUT2D eigenvalue weighted by atomic mass is 79.9. The van der Waals surface area contributed by atoms with E-state index in [1.54, 1.807) is 31.1 Å². The van der Waals surface area contributed by atoms with Crippen molar-refractivity contribution in [1.82, 2.24) is 9.88 Å². The van der Waals surface area contributed by atoms with E-state index in [2.05, 4.69) is 32.3 Å². The number of carbonyl (C=O) groups is 1. The normalized spacial score (nSPS) is 11.5. The van der Waals surface area contributed by atoms with Gasteiger partial charge in [-0.05, 0) is 35.8 Å². The van der Waals surface area contributed by atoms with Gasteiger partial charge in [-0.25, -0.2) is 4.98 Å². The number of anilines is 1. The Morgan fingerprint density at radius 1 is 1.68 bits per heavy atom. The maximum absolute atomic E-state index is 12.5. The van der Waals surface area contributed by atoms with Gasteiger partial charge in [0.25, 0.3) is 5.91 Å². The number of hydrogen-bond acceptors (Lipinski definition) is 4. The van der Waals surface area contributed by atoms with Crippen molar-refractivity contribution in [2.45, 2.75) is 13.8 Å². The molecule has 1 rings (SSSR count). The average molecular weight is 325 g/mol. The Labute approximate surface area is 121 Å². The molecule has 0 saturated heterocycles. The molecule has 0 saturated carbocycles. The van der Waals surface area contributed by atoms with Gasteiger partial charge in [0.2, 0.25) is 0 Å². The van der Waals surface area contributed by atoms with E-state index in [1.165, 1.54) is 0 Å². The summed E-state index contributed by atoms with van der Waals surface area (Å²) in [5.74, 6) is 0.223. The van der Waals surface area contributed by atoms with Crippen molar-refractivity contribution in [2.75, 3.05) is 25.5 Å². The molecule has 1 atom stereocenters. The summed E-state index contributed by atoms with van der Waals surface area (Å²) >= 11 is 3.32. The van der Waals surface area contributed by atoms with Crippen LogP contribution in [0.25, 0.3) is 0 Å². The lowest BCUT2D eigenvalue weighted by molar-refractivity contribution is 0.0753. The first-order chi connectivity index (χ1) is 9.03. The zero-order valence-corrected chi connectivity index (χ0v) is 12.9. The van der Waals surface area contributed by atoms with Crippen molar-refractivity contribution < 1.29 is 4.79 Å². The molecule has 0 radical (unpaired) electrons. The van der Waals surface area contributed by atoms with E-state index < -0.39 is 0 Å². The molecule has 1 amide bonds. The van der Waals surface area contributed by atoms with Crippen LogP contribution in [0.5, 0.6) is 0 Å². The van der Waals surface area contributed by atoms with Crippen LogP contribution in [0.1, 0.15) is 24.2 Å². The van der Waals surface area contributed by atoms with Crippen LogP contribution in [0.15, 0.2) is 16.7 Å². The molecule has 0 spiro atoms. The van der Waals surface area contributed by atoms with Crippen LogP contribution in [0, 0.1) is 17.2 Å². The summed E-state index contributed by atoms with van der Waals surface area (Å²) in [6.45, 7) is 4.67. The lowest BCUT2D eigenvalue weighted by Crippen LogP contribution is -2.34. The summed E-state index contributed by atoms with van der Waals surface area (Å²) in [5.41, 5.74) is 0.504. The van der Waals surface area contributed by atoms with Crippen LogP contribution in [-0.2, 0) is 0 Å². The maximum atomic E-state index is 12.5. The Morgan fingerprint density at radius 3 is 2.89 bits per heavy atom. The smallest absolute Gasteiger partial charge is 0.257 e. The van der Waals surface area contributed by atoms with E-state index in [4.69, 9.17) is 5.26 Å². The van der Waals surface area contributed by atoms with Crippen LogP contribution in [0.4, 0.5) is 5.82 Å². The number of nitrogens with one attached hydrogen (secondary N) is 1. The molecule has 1 heterocycles. The monoisotopic (exact) mass is 324 g/mol. The third kappa shape index (κ3) is 3.93. The van der Waals surface area contributed by atoms with Crippen LogP contribution in [0.3, 0.4) is 0 Å². The third-order valence-electron chi connectivity index (χ3n) is 2.71. The van der Waals surface area contributed by atoms with Crippen molar-refractivity contribution in [3.05, 3.63) is 22.3 Å². The number of carbonyl (C=O) groups excluding carboxylic acids is 1. The van der Waals surface area contributed by atoms with Crippen molar-refractivity contribution in [2.24, 2.45) is 5.92 Å². The first-order valence-corrected chi connectivity index (χ1v) is 6.84. The number of rotatable bonds is 5. The van der Waals surface area contributed by atoms with E-state index in [0.717, 1.165) is 4.47 Å². The average Bonchev–Trinajstić information content (AvgIpc) is 2.43. The summed E-state index contributed by atoms with van der Waals surface area (Å²) in [5, 5.41) is 11.8. The van der Waals surface area contributed by atoms with E-state index in [-0.39, 0.29) is 11.8 Å². The Morgan fingerprint density at radius 2 is 2.37 bits per heavy atom. The highest BCUT2D eigenvalue weighted by Gasteiger charge is 2.20. The molecular weight excluding hydrogens is 308 g/mol. The Balaban J connectivity index is 3.03. The van der Waals surface area contributed by atoms with Crippen LogP contribution < -0.4 is 5.32 Å². The zero-order valence-electron chi connectivity index (χ0n) is 11.3. The molecule has 1 N–H and O–H groups in total. The summed E-state index contributed by atoms with van der Waals surface area (Å²) < 4.78 is 0.749. The minimum absolute atomic E-state index is 0.122. The second-order valence-electron chi connectivity index (χ2n) is 4.17. The molecule has 0 aliphatic heterocycles. The van der Waals surface area contributed by atoms with Gasteiger partial charge in [0.05, 0.1) is 17.6 Å². The molecular formula is C13H17BrN4O. The largest absolute Gasteiger partial charge is 0.372 e. The quantitative estimate of drug-likeness (QED) is 0.903. The Kier molecular flexibility index (Phi) is 5.77. The lowest BCUT2D eigenvalue weighted by atomic mass is 10.1. The minimum Gasteiger partial charge on any atom is -0.372 e. The van der Waals surface area contributed by atoms with Crippen molar-refractivity contribution >= 4 is 27.7 Å². The standard InChI is InChI=1S/C13H17BrN4O/c1-4-18(8-9(2)6-15)13(19)11-5-10(14)7-17-12(11)16-3/h5,7,9H,4,8H2,1-3H3,(H,16,17). The van der Waals surface area contributed by atoms with Gasteiger partial charge in [0, 0.05) is 30.8 Å². The number of pyridine rings is 1. The van der Waals surface area contributed by atoms with Crippen molar-refractivity contribution in [3.8, 4) is 6.07 Å². The van der Waals surface area contributed by atoms with E-state index >= 15 is 0 Å². The van der Waals surface area contributed by atoms with E-state index in [9.17, 15) is 4.79 Å². The summed E-state index contributed by atoms with van der Waals surface area (Å²) in [6.07, 6.45) is 1.64.